The highest BCUT2D eigenvalue weighted by Crippen LogP contribution is 2.29. The number of anilines is 1. The van der Waals surface area contributed by atoms with E-state index < -0.39 is 14.9 Å². The molecule has 1 fully saturated rings. The lowest BCUT2D eigenvalue weighted by Crippen LogP contribution is -2.42. The van der Waals surface area contributed by atoms with Crippen molar-refractivity contribution in [3.8, 4) is 6.07 Å². The average molecular weight is 400 g/mol. The SMILES string of the molecule is Cc1ccc(S(=O)(=O)N2CCC(Nc3ccc(C#N)cc3[N+](=O)[O-])CC2)cc1. The van der Waals surface area contributed by atoms with Crippen LogP contribution in [-0.4, -0.2) is 36.8 Å². The zero-order chi connectivity index (χ0) is 20.3. The summed E-state index contributed by atoms with van der Waals surface area (Å²) in [6.07, 6.45) is 1.06. The Hall–Kier alpha value is -2.96. The third kappa shape index (κ3) is 4.13. The molecule has 1 saturated heterocycles. The van der Waals surface area contributed by atoms with Crippen molar-refractivity contribution in [2.75, 3.05) is 18.4 Å². The second-order valence-corrected chi connectivity index (χ2v) is 8.67. The van der Waals surface area contributed by atoms with Crippen LogP contribution in [0.4, 0.5) is 11.4 Å². The van der Waals surface area contributed by atoms with E-state index in [1.165, 1.54) is 22.5 Å². The van der Waals surface area contributed by atoms with E-state index in [1.807, 2.05) is 13.0 Å². The van der Waals surface area contributed by atoms with E-state index in [0.717, 1.165) is 5.56 Å². The highest BCUT2D eigenvalue weighted by Gasteiger charge is 2.30. The standard InChI is InChI=1S/C19H20N4O4S/c1-14-2-5-17(6-3-14)28(26,27)22-10-8-16(9-11-22)21-18-7-4-15(13-20)12-19(18)23(24)25/h2-7,12,16,21H,8-11H2,1H3. The predicted octanol–water partition coefficient (Wildman–Crippen LogP) is 3.04. The smallest absolute Gasteiger partial charge is 0.293 e. The topological polar surface area (TPSA) is 116 Å². The Kier molecular flexibility index (Phi) is 5.63. The molecule has 1 aliphatic heterocycles. The summed E-state index contributed by atoms with van der Waals surface area (Å²) >= 11 is 0. The number of nitro benzene ring substituents is 1. The number of nitrogens with one attached hydrogen (secondary N) is 1. The van der Waals surface area contributed by atoms with Crippen LogP contribution in [0.15, 0.2) is 47.4 Å². The van der Waals surface area contributed by atoms with Gasteiger partial charge in [-0.3, -0.25) is 10.1 Å². The molecule has 0 aromatic heterocycles. The average Bonchev–Trinajstić information content (AvgIpc) is 2.69. The maximum absolute atomic E-state index is 12.8. The van der Waals surface area contributed by atoms with Crippen molar-refractivity contribution in [3.63, 3.8) is 0 Å². The van der Waals surface area contributed by atoms with E-state index in [4.69, 9.17) is 5.26 Å². The summed E-state index contributed by atoms with van der Waals surface area (Å²) in [5, 5.41) is 23.3. The van der Waals surface area contributed by atoms with Gasteiger partial charge >= 0.3 is 0 Å². The Morgan fingerprint density at radius 2 is 1.82 bits per heavy atom. The van der Waals surface area contributed by atoms with Gasteiger partial charge in [0.15, 0.2) is 0 Å². The van der Waals surface area contributed by atoms with Crippen molar-refractivity contribution in [1.82, 2.24) is 4.31 Å². The monoisotopic (exact) mass is 400 g/mol. The summed E-state index contributed by atoms with van der Waals surface area (Å²) in [7, 11) is -3.54. The minimum absolute atomic E-state index is 0.0869. The zero-order valence-corrected chi connectivity index (χ0v) is 16.1. The molecule has 1 aliphatic rings. The quantitative estimate of drug-likeness (QED) is 0.609. The Balaban J connectivity index is 1.69. The Morgan fingerprint density at radius 3 is 2.39 bits per heavy atom. The second kappa shape index (κ2) is 7.96. The van der Waals surface area contributed by atoms with Gasteiger partial charge in [0.25, 0.3) is 5.69 Å². The van der Waals surface area contributed by atoms with Crippen LogP contribution in [0, 0.1) is 28.4 Å². The van der Waals surface area contributed by atoms with Crippen LogP contribution < -0.4 is 5.32 Å². The lowest BCUT2D eigenvalue weighted by Gasteiger charge is -2.32. The van der Waals surface area contributed by atoms with Crippen molar-refractivity contribution in [2.24, 2.45) is 0 Å². The third-order valence-corrected chi connectivity index (χ3v) is 6.71. The van der Waals surface area contributed by atoms with Gasteiger partial charge in [-0.2, -0.15) is 9.57 Å². The van der Waals surface area contributed by atoms with Crippen molar-refractivity contribution in [1.29, 1.82) is 5.26 Å². The van der Waals surface area contributed by atoms with E-state index in [1.54, 1.807) is 24.3 Å². The van der Waals surface area contributed by atoms with E-state index >= 15 is 0 Å². The molecule has 0 amide bonds. The fraction of sp³-hybridized carbons (Fsp3) is 0.316. The van der Waals surface area contributed by atoms with Gasteiger partial charge in [-0.15, -0.1) is 0 Å². The molecular weight excluding hydrogens is 380 g/mol. The first kappa shape index (κ1) is 19.8. The lowest BCUT2D eigenvalue weighted by molar-refractivity contribution is -0.384. The zero-order valence-electron chi connectivity index (χ0n) is 15.3. The van der Waals surface area contributed by atoms with E-state index in [9.17, 15) is 18.5 Å². The molecule has 0 bridgehead atoms. The molecule has 0 radical (unpaired) electrons. The molecule has 0 atom stereocenters. The van der Waals surface area contributed by atoms with Crippen LogP contribution in [0.5, 0.6) is 0 Å². The molecule has 28 heavy (non-hydrogen) atoms. The van der Waals surface area contributed by atoms with Crippen LogP contribution in [0.1, 0.15) is 24.0 Å². The first-order valence-electron chi connectivity index (χ1n) is 8.83. The summed E-state index contributed by atoms with van der Waals surface area (Å²) in [4.78, 5) is 11.0. The summed E-state index contributed by atoms with van der Waals surface area (Å²) in [6, 6.07) is 12.8. The number of nitriles is 1. The molecule has 3 rings (SSSR count). The first-order valence-corrected chi connectivity index (χ1v) is 10.3. The van der Waals surface area contributed by atoms with E-state index in [2.05, 4.69) is 5.32 Å². The molecule has 0 saturated carbocycles. The van der Waals surface area contributed by atoms with Gasteiger partial charge in [-0.05, 0) is 44.0 Å². The number of nitrogens with zero attached hydrogens (tertiary/aromatic N) is 3. The Bertz CT molecular complexity index is 1020. The number of piperidine rings is 1. The van der Waals surface area contributed by atoms with Crippen molar-refractivity contribution in [2.45, 2.75) is 30.7 Å². The minimum atomic E-state index is -3.54. The molecule has 9 heteroatoms. The molecule has 2 aromatic carbocycles. The van der Waals surface area contributed by atoms with Crippen molar-refractivity contribution in [3.05, 3.63) is 63.7 Å². The van der Waals surface area contributed by atoms with Crippen LogP contribution in [0.2, 0.25) is 0 Å². The molecule has 1 heterocycles. The molecule has 1 N–H and O–H groups in total. The molecular formula is C19H20N4O4S. The first-order chi connectivity index (χ1) is 13.3. The molecule has 146 valence electrons. The highest BCUT2D eigenvalue weighted by molar-refractivity contribution is 7.89. The summed E-state index contributed by atoms with van der Waals surface area (Å²) in [6.45, 7) is 2.56. The normalized spacial score (nSPS) is 15.7. The second-order valence-electron chi connectivity index (χ2n) is 6.74. The van der Waals surface area contributed by atoms with Gasteiger partial charge in [0.1, 0.15) is 5.69 Å². The van der Waals surface area contributed by atoms with E-state index in [0.29, 0.717) is 31.6 Å². The number of rotatable bonds is 5. The van der Waals surface area contributed by atoms with Crippen LogP contribution >= 0.6 is 0 Å². The number of hydrogen-bond donors (Lipinski definition) is 1. The van der Waals surface area contributed by atoms with Crippen LogP contribution in [-0.2, 0) is 10.0 Å². The number of nitro groups is 1. The van der Waals surface area contributed by atoms with Gasteiger partial charge in [-0.25, -0.2) is 8.42 Å². The van der Waals surface area contributed by atoms with Crippen molar-refractivity contribution >= 4 is 21.4 Å². The maximum Gasteiger partial charge on any atom is 0.293 e. The molecule has 0 spiro atoms. The summed E-state index contributed by atoms with van der Waals surface area (Å²) in [5.74, 6) is 0. The Labute approximate surface area is 163 Å². The maximum atomic E-state index is 12.8. The Morgan fingerprint density at radius 1 is 1.18 bits per heavy atom. The van der Waals surface area contributed by atoms with Crippen molar-refractivity contribution < 1.29 is 13.3 Å². The van der Waals surface area contributed by atoms with Gasteiger partial charge in [0, 0.05) is 25.2 Å². The minimum Gasteiger partial charge on any atom is -0.377 e. The summed E-state index contributed by atoms with van der Waals surface area (Å²) in [5.41, 5.74) is 1.39. The molecule has 0 unspecified atom stereocenters. The van der Waals surface area contributed by atoms with E-state index in [-0.39, 0.29) is 22.2 Å². The van der Waals surface area contributed by atoms with Crippen LogP contribution in [0.3, 0.4) is 0 Å². The number of aryl methyl sites for hydroxylation is 1. The third-order valence-electron chi connectivity index (χ3n) is 4.80. The van der Waals surface area contributed by atoms with Crippen LogP contribution in [0.25, 0.3) is 0 Å². The largest absolute Gasteiger partial charge is 0.377 e. The summed E-state index contributed by atoms with van der Waals surface area (Å²) < 4.78 is 27.0. The lowest BCUT2D eigenvalue weighted by atomic mass is 10.1. The predicted molar refractivity (Wildman–Crippen MR) is 104 cm³/mol. The molecule has 8 nitrogen and oxygen atoms in total. The fourth-order valence-corrected chi connectivity index (χ4v) is 4.66. The number of hydrogen-bond acceptors (Lipinski definition) is 6. The highest BCUT2D eigenvalue weighted by atomic mass is 32.2. The number of benzene rings is 2. The van der Waals surface area contributed by atoms with Gasteiger partial charge in [0.05, 0.1) is 21.5 Å². The fourth-order valence-electron chi connectivity index (χ4n) is 3.19. The molecule has 2 aromatic rings. The van der Waals surface area contributed by atoms with Gasteiger partial charge in [0.2, 0.25) is 10.0 Å². The van der Waals surface area contributed by atoms with Gasteiger partial charge < -0.3 is 5.32 Å². The molecule has 0 aliphatic carbocycles. The number of sulfonamides is 1. The van der Waals surface area contributed by atoms with Gasteiger partial charge in [-0.1, -0.05) is 17.7 Å².